The number of hydrogen-bond acceptors (Lipinski definition) is 4. The summed E-state index contributed by atoms with van der Waals surface area (Å²) in [6, 6.07) is 17.2. The number of carboxylic acids is 1. The van der Waals surface area contributed by atoms with Crippen LogP contribution in [0.4, 0.5) is 5.69 Å². The maximum atomic E-state index is 12.1. The van der Waals surface area contributed by atoms with E-state index < -0.39 is 5.97 Å². The Morgan fingerprint density at radius 2 is 1.76 bits per heavy atom. The quantitative estimate of drug-likeness (QED) is 0.749. The first-order valence-electron chi connectivity index (χ1n) is 7.66. The number of benzene rings is 2. The first kappa shape index (κ1) is 15.0. The summed E-state index contributed by atoms with van der Waals surface area (Å²) < 4.78 is 5.78. The highest BCUT2D eigenvalue weighted by atomic mass is 16.4. The third kappa shape index (κ3) is 2.72. The molecule has 0 fully saturated rings. The third-order valence-electron chi connectivity index (χ3n) is 4.03. The smallest absolute Gasteiger partial charge is 0.256 e. The molecule has 0 spiro atoms. The van der Waals surface area contributed by atoms with Crippen LogP contribution in [-0.2, 0) is 4.79 Å². The van der Waals surface area contributed by atoms with Gasteiger partial charge in [-0.2, -0.15) is 0 Å². The Hall–Kier alpha value is -3.60. The highest BCUT2D eigenvalue weighted by Crippen LogP contribution is 2.33. The fourth-order valence-electron chi connectivity index (χ4n) is 2.78. The van der Waals surface area contributed by atoms with E-state index in [2.05, 4.69) is 5.32 Å². The first-order chi connectivity index (χ1) is 12.1. The molecular formula is C20H12NO4-. The van der Waals surface area contributed by atoms with Gasteiger partial charge in [0.25, 0.3) is 5.91 Å². The van der Waals surface area contributed by atoms with Gasteiger partial charge in [-0.3, -0.25) is 4.79 Å². The summed E-state index contributed by atoms with van der Waals surface area (Å²) in [5.74, 6) is -0.260. The predicted molar refractivity (Wildman–Crippen MR) is 91.4 cm³/mol. The van der Waals surface area contributed by atoms with Crippen molar-refractivity contribution in [2.75, 3.05) is 5.32 Å². The molecule has 1 amide bonds. The van der Waals surface area contributed by atoms with Crippen LogP contribution in [0, 0.1) is 0 Å². The molecule has 1 aliphatic rings. The van der Waals surface area contributed by atoms with Crippen LogP contribution >= 0.6 is 0 Å². The number of hydrogen-bond donors (Lipinski definition) is 1. The lowest BCUT2D eigenvalue weighted by molar-refractivity contribution is -0.255. The second-order valence-corrected chi connectivity index (χ2v) is 5.62. The van der Waals surface area contributed by atoms with Crippen LogP contribution in [0.5, 0.6) is 0 Å². The molecule has 0 bridgehead atoms. The predicted octanol–water partition coefficient (Wildman–Crippen LogP) is 2.80. The molecule has 1 aliphatic heterocycles. The zero-order valence-corrected chi connectivity index (χ0v) is 13.0. The molecule has 1 N–H and O–H groups in total. The Kier molecular flexibility index (Phi) is 3.47. The second-order valence-electron chi connectivity index (χ2n) is 5.62. The van der Waals surface area contributed by atoms with Gasteiger partial charge < -0.3 is 19.6 Å². The molecule has 2 heterocycles. The monoisotopic (exact) mass is 330 g/mol. The van der Waals surface area contributed by atoms with E-state index in [0.717, 1.165) is 16.8 Å². The lowest BCUT2D eigenvalue weighted by Gasteiger charge is -2.02. The number of rotatable bonds is 3. The third-order valence-corrected chi connectivity index (χ3v) is 4.03. The first-order valence-corrected chi connectivity index (χ1v) is 7.66. The van der Waals surface area contributed by atoms with E-state index in [1.165, 1.54) is 12.1 Å². The minimum absolute atomic E-state index is 0.108. The molecule has 0 saturated carbocycles. The van der Waals surface area contributed by atoms with Crippen LogP contribution in [0.15, 0.2) is 65.1 Å². The molecule has 0 saturated heterocycles. The SMILES string of the molecule is O=C1Nc2ccccc2/C1=C/c1ccc(-c2ccc(C(=O)[O-])cc2)o1. The van der Waals surface area contributed by atoms with Crippen LogP contribution < -0.4 is 10.4 Å². The van der Waals surface area contributed by atoms with Crippen molar-refractivity contribution in [3.8, 4) is 11.3 Å². The maximum Gasteiger partial charge on any atom is 0.256 e. The number of carbonyl (C=O) groups is 2. The maximum absolute atomic E-state index is 12.1. The normalized spacial score (nSPS) is 14.4. The Balaban J connectivity index is 1.66. The van der Waals surface area contributed by atoms with Gasteiger partial charge in [-0.15, -0.1) is 0 Å². The van der Waals surface area contributed by atoms with Gasteiger partial charge in [-0.05, 0) is 29.8 Å². The van der Waals surface area contributed by atoms with E-state index in [1.807, 2.05) is 24.3 Å². The molecule has 0 radical (unpaired) electrons. The molecule has 2 aromatic carbocycles. The molecule has 0 aliphatic carbocycles. The van der Waals surface area contributed by atoms with Crippen LogP contribution in [0.3, 0.4) is 0 Å². The Morgan fingerprint density at radius 1 is 1.00 bits per heavy atom. The summed E-state index contributed by atoms with van der Waals surface area (Å²) in [6.45, 7) is 0. The summed E-state index contributed by atoms with van der Waals surface area (Å²) >= 11 is 0. The number of fused-ring (bicyclic) bond motifs is 1. The molecule has 1 aromatic heterocycles. The Bertz CT molecular complexity index is 1010. The minimum atomic E-state index is -1.22. The van der Waals surface area contributed by atoms with Gasteiger partial charge in [0.1, 0.15) is 11.5 Å². The molecular weight excluding hydrogens is 318 g/mol. The highest BCUT2D eigenvalue weighted by Gasteiger charge is 2.23. The summed E-state index contributed by atoms with van der Waals surface area (Å²) in [6.07, 6.45) is 1.69. The number of para-hydroxylation sites is 1. The van der Waals surface area contributed by atoms with Gasteiger partial charge in [-0.25, -0.2) is 0 Å². The number of anilines is 1. The molecule has 0 atom stereocenters. The number of carbonyl (C=O) groups excluding carboxylic acids is 2. The average molecular weight is 330 g/mol. The van der Waals surface area contributed by atoms with Gasteiger partial charge in [0.05, 0.1) is 11.5 Å². The van der Waals surface area contributed by atoms with Gasteiger partial charge in [0.2, 0.25) is 0 Å². The number of amides is 1. The van der Waals surface area contributed by atoms with Crippen LogP contribution in [-0.4, -0.2) is 11.9 Å². The van der Waals surface area contributed by atoms with E-state index in [1.54, 1.807) is 30.3 Å². The fraction of sp³-hybridized carbons (Fsp3) is 0. The minimum Gasteiger partial charge on any atom is -0.545 e. The molecule has 0 unspecified atom stereocenters. The van der Waals surface area contributed by atoms with Crippen LogP contribution in [0.25, 0.3) is 23.0 Å². The molecule has 122 valence electrons. The molecule has 5 heteroatoms. The van der Waals surface area contributed by atoms with Gasteiger partial charge >= 0.3 is 0 Å². The van der Waals surface area contributed by atoms with Crippen LogP contribution in [0.1, 0.15) is 21.7 Å². The van der Waals surface area contributed by atoms with Crippen molar-refractivity contribution >= 4 is 29.2 Å². The van der Waals surface area contributed by atoms with Crippen molar-refractivity contribution in [3.63, 3.8) is 0 Å². The van der Waals surface area contributed by atoms with E-state index in [0.29, 0.717) is 17.1 Å². The van der Waals surface area contributed by atoms with Crippen molar-refractivity contribution in [1.29, 1.82) is 0 Å². The zero-order valence-electron chi connectivity index (χ0n) is 13.0. The number of furan rings is 1. The van der Waals surface area contributed by atoms with Crippen molar-refractivity contribution in [2.45, 2.75) is 0 Å². The molecule has 4 rings (SSSR count). The fourth-order valence-corrected chi connectivity index (χ4v) is 2.78. The topological polar surface area (TPSA) is 82.4 Å². The Morgan fingerprint density at radius 3 is 2.52 bits per heavy atom. The Labute approximate surface area is 143 Å². The average Bonchev–Trinajstić information content (AvgIpc) is 3.20. The summed E-state index contributed by atoms with van der Waals surface area (Å²) in [7, 11) is 0. The number of aromatic carboxylic acids is 1. The lowest BCUT2D eigenvalue weighted by Crippen LogP contribution is -2.21. The second kappa shape index (κ2) is 5.79. The highest BCUT2D eigenvalue weighted by molar-refractivity contribution is 6.34. The van der Waals surface area contributed by atoms with Gasteiger partial charge in [0, 0.05) is 16.8 Å². The number of nitrogens with one attached hydrogen (secondary N) is 1. The number of carboxylic acid groups (broad SMARTS) is 1. The summed E-state index contributed by atoms with van der Waals surface area (Å²) in [5, 5.41) is 13.6. The van der Waals surface area contributed by atoms with Crippen molar-refractivity contribution in [1.82, 2.24) is 0 Å². The van der Waals surface area contributed by atoms with Crippen molar-refractivity contribution in [2.24, 2.45) is 0 Å². The largest absolute Gasteiger partial charge is 0.545 e. The molecule has 5 nitrogen and oxygen atoms in total. The standard InChI is InChI=1S/C20H13NO4/c22-19-16(15-3-1-2-4-17(15)21-19)11-14-9-10-18(25-14)12-5-7-13(8-6-12)20(23)24/h1-11H,(H,21,22)(H,23,24)/p-1/b16-11-. The van der Waals surface area contributed by atoms with Crippen molar-refractivity contribution < 1.29 is 19.1 Å². The van der Waals surface area contributed by atoms with E-state index >= 15 is 0 Å². The molecule has 3 aromatic rings. The van der Waals surface area contributed by atoms with E-state index in [9.17, 15) is 14.7 Å². The van der Waals surface area contributed by atoms with E-state index in [4.69, 9.17) is 4.42 Å². The summed E-state index contributed by atoms with van der Waals surface area (Å²) in [5.41, 5.74) is 3.01. The zero-order chi connectivity index (χ0) is 17.4. The van der Waals surface area contributed by atoms with Gasteiger partial charge in [-0.1, -0.05) is 42.5 Å². The van der Waals surface area contributed by atoms with Crippen LogP contribution in [0.2, 0.25) is 0 Å². The summed E-state index contributed by atoms with van der Waals surface area (Å²) in [4.78, 5) is 22.9. The van der Waals surface area contributed by atoms with Crippen molar-refractivity contribution in [3.05, 3.63) is 77.6 Å². The molecule has 25 heavy (non-hydrogen) atoms. The van der Waals surface area contributed by atoms with E-state index in [-0.39, 0.29) is 11.5 Å². The lowest BCUT2D eigenvalue weighted by atomic mass is 10.1. The van der Waals surface area contributed by atoms with Gasteiger partial charge in [0.15, 0.2) is 0 Å².